The van der Waals surface area contributed by atoms with Gasteiger partial charge in [0.2, 0.25) is 0 Å². The Balaban J connectivity index is 2.60. The van der Waals surface area contributed by atoms with Crippen LogP contribution in [0.3, 0.4) is 0 Å². The lowest BCUT2D eigenvalue weighted by molar-refractivity contribution is -0.134. The highest BCUT2D eigenvalue weighted by atomic mass is 79.9. The van der Waals surface area contributed by atoms with Crippen LogP contribution in [0.15, 0.2) is 53.0 Å². The number of hydrogen-bond acceptors (Lipinski definition) is 3. The molecule has 0 aliphatic heterocycles. The first-order chi connectivity index (χ1) is 8.13. The average molecular weight is 295 g/mol. The van der Waals surface area contributed by atoms with Crippen molar-refractivity contribution >= 4 is 27.7 Å². The van der Waals surface area contributed by atoms with Crippen LogP contribution in [0, 0.1) is 0 Å². The maximum atomic E-state index is 11.6. The summed E-state index contributed by atoms with van der Waals surface area (Å²) in [4.78, 5) is 22.3. The van der Waals surface area contributed by atoms with Gasteiger partial charge in [0.15, 0.2) is 5.78 Å². The van der Waals surface area contributed by atoms with E-state index in [1.54, 1.807) is 24.3 Å². The zero-order valence-electron chi connectivity index (χ0n) is 9.22. The topological polar surface area (TPSA) is 43.4 Å². The van der Waals surface area contributed by atoms with Crippen molar-refractivity contribution in [2.75, 3.05) is 7.11 Å². The first-order valence-electron chi connectivity index (χ1n) is 4.86. The number of ketones is 1. The Morgan fingerprint density at radius 3 is 2.29 bits per heavy atom. The molecule has 0 aliphatic rings. The Labute approximate surface area is 108 Å². The molecule has 0 atom stereocenters. The van der Waals surface area contributed by atoms with Gasteiger partial charge in [-0.25, -0.2) is 4.79 Å². The van der Waals surface area contributed by atoms with Gasteiger partial charge in [-0.15, -0.1) is 0 Å². The van der Waals surface area contributed by atoms with E-state index in [-0.39, 0.29) is 5.78 Å². The summed E-state index contributed by atoms with van der Waals surface area (Å²) in [5, 5.41) is 0. The van der Waals surface area contributed by atoms with Gasteiger partial charge in [0.1, 0.15) is 0 Å². The summed E-state index contributed by atoms with van der Waals surface area (Å²) in [6, 6.07) is 7.04. The Morgan fingerprint density at radius 1 is 1.12 bits per heavy atom. The highest BCUT2D eigenvalue weighted by Gasteiger charge is 1.99. The first-order valence-corrected chi connectivity index (χ1v) is 5.65. The summed E-state index contributed by atoms with van der Waals surface area (Å²) < 4.78 is 5.33. The van der Waals surface area contributed by atoms with E-state index in [1.807, 2.05) is 0 Å². The third-order valence-electron chi connectivity index (χ3n) is 1.92. The van der Waals surface area contributed by atoms with Crippen LogP contribution in [-0.2, 0) is 9.53 Å². The van der Waals surface area contributed by atoms with Gasteiger partial charge in [-0.05, 0) is 30.3 Å². The number of esters is 1. The number of halogens is 1. The molecule has 1 aromatic carbocycles. The minimum atomic E-state index is -0.453. The van der Waals surface area contributed by atoms with Gasteiger partial charge in [0, 0.05) is 16.1 Å². The lowest BCUT2D eigenvalue weighted by atomic mass is 10.1. The third kappa shape index (κ3) is 4.78. The molecule has 0 spiro atoms. The average Bonchev–Trinajstić information content (AvgIpc) is 2.34. The molecule has 4 heteroatoms. The SMILES string of the molecule is COC(=O)/C=C\C=C\C(=O)c1ccc(Br)cc1. The number of carbonyl (C=O) groups excluding carboxylic acids is 2. The van der Waals surface area contributed by atoms with Crippen LogP contribution in [0.25, 0.3) is 0 Å². The first kappa shape index (κ1) is 13.4. The molecule has 0 saturated heterocycles. The van der Waals surface area contributed by atoms with E-state index in [0.29, 0.717) is 5.56 Å². The number of rotatable bonds is 4. The van der Waals surface area contributed by atoms with Gasteiger partial charge in [-0.3, -0.25) is 4.79 Å². The van der Waals surface area contributed by atoms with E-state index < -0.39 is 5.97 Å². The van der Waals surface area contributed by atoms with Crippen molar-refractivity contribution < 1.29 is 14.3 Å². The smallest absolute Gasteiger partial charge is 0.330 e. The molecule has 0 amide bonds. The summed E-state index contributed by atoms with van der Waals surface area (Å²) in [5.41, 5.74) is 0.593. The Bertz CT molecular complexity index is 458. The van der Waals surface area contributed by atoms with Crippen LogP contribution in [0.5, 0.6) is 0 Å². The van der Waals surface area contributed by atoms with Crippen molar-refractivity contribution in [3.8, 4) is 0 Å². The monoisotopic (exact) mass is 294 g/mol. The second-order valence-electron chi connectivity index (χ2n) is 3.11. The molecule has 0 radical (unpaired) electrons. The quantitative estimate of drug-likeness (QED) is 0.371. The normalized spacial score (nSPS) is 10.9. The molecule has 0 fully saturated rings. The summed E-state index contributed by atoms with van der Waals surface area (Å²) in [6.45, 7) is 0. The molecule has 0 aliphatic carbocycles. The standard InChI is InChI=1S/C13H11BrO3/c1-17-13(16)5-3-2-4-12(15)10-6-8-11(14)9-7-10/h2-9H,1H3/b4-2+,5-3-. The van der Waals surface area contributed by atoms with Crippen LogP contribution in [-0.4, -0.2) is 18.9 Å². The molecule has 88 valence electrons. The molecular formula is C13H11BrO3. The van der Waals surface area contributed by atoms with Gasteiger partial charge in [-0.2, -0.15) is 0 Å². The van der Waals surface area contributed by atoms with Crippen LogP contribution < -0.4 is 0 Å². The number of carbonyl (C=O) groups is 2. The van der Waals surface area contributed by atoms with Gasteiger partial charge in [0.05, 0.1) is 7.11 Å². The molecule has 0 bridgehead atoms. The van der Waals surface area contributed by atoms with E-state index >= 15 is 0 Å². The van der Waals surface area contributed by atoms with Crippen molar-refractivity contribution in [1.29, 1.82) is 0 Å². The van der Waals surface area contributed by atoms with Crippen molar-refractivity contribution in [1.82, 2.24) is 0 Å². The molecule has 0 heterocycles. The minimum Gasteiger partial charge on any atom is -0.466 e. The van der Waals surface area contributed by atoms with Gasteiger partial charge >= 0.3 is 5.97 Å². The van der Waals surface area contributed by atoms with E-state index in [4.69, 9.17) is 0 Å². The van der Waals surface area contributed by atoms with Gasteiger partial charge in [-0.1, -0.05) is 28.1 Å². The zero-order valence-corrected chi connectivity index (χ0v) is 10.8. The van der Waals surface area contributed by atoms with E-state index in [1.165, 1.54) is 31.4 Å². The van der Waals surface area contributed by atoms with Crippen LogP contribution in [0.2, 0.25) is 0 Å². The zero-order chi connectivity index (χ0) is 12.7. The maximum absolute atomic E-state index is 11.6. The molecule has 3 nitrogen and oxygen atoms in total. The van der Waals surface area contributed by atoms with Crippen molar-refractivity contribution in [2.24, 2.45) is 0 Å². The molecule has 0 N–H and O–H groups in total. The molecule has 0 aromatic heterocycles. The Hall–Kier alpha value is -1.68. The van der Waals surface area contributed by atoms with Crippen LogP contribution >= 0.6 is 15.9 Å². The second kappa shape index (κ2) is 6.81. The van der Waals surface area contributed by atoms with E-state index in [0.717, 1.165) is 4.47 Å². The highest BCUT2D eigenvalue weighted by Crippen LogP contribution is 2.11. The molecule has 0 saturated carbocycles. The summed E-state index contributed by atoms with van der Waals surface area (Å²) in [7, 11) is 1.30. The third-order valence-corrected chi connectivity index (χ3v) is 2.45. The maximum Gasteiger partial charge on any atom is 0.330 e. The molecule has 1 rings (SSSR count). The lowest BCUT2D eigenvalue weighted by Crippen LogP contribution is -1.94. The summed E-state index contributed by atoms with van der Waals surface area (Å²) >= 11 is 3.29. The summed E-state index contributed by atoms with van der Waals surface area (Å²) in [5.74, 6) is -0.572. The second-order valence-corrected chi connectivity index (χ2v) is 4.03. The Morgan fingerprint density at radius 2 is 1.71 bits per heavy atom. The molecule has 17 heavy (non-hydrogen) atoms. The largest absolute Gasteiger partial charge is 0.466 e. The molecule has 0 unspecified atom stereocenters. The molecular weight excluding hydrogens is 284 g/mol. The van der Waals surface area contributed by atoms with Gasteiger partial charge in [0.25, 0.3) is 0 Å². The van der Waals surface area contributed by atoms with E-state index in [2.05, 4.69) is 20.7 Å². The Kier molecular flexibility index (Phi) is 5.36. The van der Waals surface area contributed by atoms with Crippen molar-refractivity contribution in [3.63, 3.8) is 0 Å². The lowest BCUT2D eigenvalue weighted by Gasteiger charge is -1.94. The predicted molar refractivity (Wildman–Crippen MR) is 68.8 cm³/mol. The minimum absolute atomic E-state index is 0.119. The fraction of sp³-hybridized carbons (Fsp3) is 0.0769. The number of ether oxygens (including phenoxy) is 1. The van der Waals surface area contributed by atoms with Gasteiger partial charge < -0.3 is 4.74 Å². The number of benzene rings is 1. The van der Waals surface area contributed by atoms with Crippen LogP contribution in [0.1, 0.15) is 10.4 Å². The van der Waals surface area contributed by atoms with Crippen molar-refractivity contribution in [2.45, 2.75) is 0 Å². The summed E-state index contributed by atoms with van der Waals surface area (Å²) in [6.07, 6.45) is 5.60. The number of hydrogen-bond donors (Lipinski definition) is 0. The predicted octanol–water partition coefficient (Wildman–Crippen LogP) is 2.92. The van der Waals surface area contributed by atoms with Crippen LogP contribution in [0.4, 0.5) is 0 Å². The number of methoxy groups -OCH3 is 1. The van der Waals surface area contributed by atoms with Crippen molar-refractivity contribution in [3.05, 3.63) is 58.6 Å². The molecule has 1 aromatic rings. The fourth-order valence-electron chi connectivity index (χ4n) is 1.06. The van der Waals surface area contributed by atoms with E-state index in [9.17, 15) is 9.59 Å². The number of allylic oxidation sites excluding steroid dienone is 3. The highest BCUT2D eigenvalue weighted by molar-refractivity contribution is 9.10. The fourth-order valence-corrected chi connectivity index (χ4v) is 1.32.